The Kier molecular flexibility index (Phi) is 3.79. The van der Waals surface area contributed by atoms with Crippen LogP contribution in [0.5, 0.6) is 0 Å². The zero-order valence-corrected chi connectivity index (χ0v) is 12.3. The smallest absolute Gasteiger partial charge is 0.337 e. The Balaban J connectivity index is 1.80. The van der Waals surface area contributed by atoms with E-state index >= 15 is 0 Å². The maximum absolute atomic E-state index is 11.4. The molecular weight excluding hydrogens is 282 g/mol. The van der Waals surface area contributed by atoms with Crippen molar-refractivity contribution in [1.29, 1.82) is 0 Å². The molecule has 0 atom stereocenters. The summed E-state index contributed by atoms with van der Waals surface area (Å²) in [6.45, 7) is 0. The maximum atomic E-state index is 11.4. The minimum absolute atomic E-state index is 0.322. The molecule has 0 amide bonds. The number of esters is 1. The molecule has 3 rings (SSSR count). The van der Waals surface area contributed by atoms with E-state index in [4.69, 9.17) is 0 Å². The SMILES string of the molecule is COC(=O)c1ccc(/C=C/c2nc3ccccc3s2)cc1. The molecule has 0 spiro atoms. The first-order valence-corrected chi connectivity index (χ1v) is 7.30. The van der Waals surface area contributed by atoms with E-state index < -0.39 is 0 Å². The van der Waals surface area contributed by atoms with E-state index in [1.165, 1.54) is 11.8 Å². The summed E-state index contributed by atoms with van der Waals surface area (Å²) >= 11 is 1.66. The van der Waals surface area contributed by atoms with E-state index in [2.05, 4.69) is 15.8 Å². The highest BCUT2D eigenvalue weighted by atomic mass is 32.1. The summed E-state index contributed by atoms with van der Waals surface area (Å²) < 4.78 is 5.85. The average molecular weight is 295 g/mol. The van der Waals surface area contributed by atoms with Gasteiger partial charge in [-0.2, -0.15) is 0 Å². The van der Waals surface area contributed by atoms with E-state index in [0.29, 0.717) is 5.56 Å². The van der Waals surface area contributed by atoms with Gasteiger partial charge in [-0.1, -0.05) is 30.3 Å². The minimum Gasteiger partial charge on any atom is -0.465 e. The van der Waals surface area contributed by atoms with E-state index in [0.717, 1.165) is 16.1 Å². The first-order valence-electron chi connectivity index (χ1n) is 6.48. The molecule has 3 aromatic rings. The number of methoxy groups -OCH3 is 1. The number of ether oxygens (including phenoxy) is 1. The molecule has 104 valence electrons. The number of thiazole rings is 1. The maximum Gasteiger partial charge on any atom is 0.337 e. The molecule has 2 aromatic carbocycles. The summed E-state index contributed by atoms with van der Waals surface area (Å²) in [5, 5.41) is 0.966. The first kappa shape index (κ1) is 13.5. The largest absolute Gasteiger partial charge is 0.465 e. The Morgan fingerprint density at radius 1 is 1.10 bits per heavy atom. The van der Waals surface area contributed by atoms with Crippen LogP contribution in [0.1, 0.15) is 20.9 Å². The molecule has 0 aliphatic rings. The predicted octanol–water partition coefficient (Wildman–Crippen LogP) is 4.25. The van der Waals surface area contributed by atoms with Crippen molar-refractivity contribution in [3.8, 4) is 0 Å². The highest BCUT2D eigenvalue weighted by Crippen LogP contribution is 2.23. The molecule has 0 saturated heterocycles. The van der Waals surface area contributed by atoms with Gasteiger partial charge in [0.05, 0.1) is 22.9 Å². The average Bonchev–Trinajstić information content (AvgIpc) is 2.95. The summed E-state index contributed by atoms with van der Waals surface area (Å²) in [5.74, 6) is -0.322. The molecule has 0 N–H and O–H groups in total. The number of carbonyl (C=O) groups is 1. The monoisotopic (exact) mass is 295 g/mol. The van der Waals surface area contributed by atoms with Crippen LogP contribution in [0, 0.1) is 0 Å². The van der Waals surface area contributed by atoms with E-state index in [9.17, 15) is 4.79 Å². The van der Waals surface area contributed by atoms with Crippen molar-refractivity contribution in [2.45, 2.75) is 0 Å². The third-order valence-corrected chi connectivity index (χ3v) is 4.06. The van der Waals surface area contributed by atoms with Crippen LogP contribution in [-0.2, 0) is 4.74 Å². The molecule has 0 saturated carbocycles. The quantitative estimate of drug-likeness (QED) is 0.678. The van der Waals surface area contributed by atoms with Crippen molar-refractivity contribution in [3.63, 3.8) is 0 Å². The summed E-state index contributed by atoms with van der Waals surface area (Å²) in [6.07, 6.45) is 3.97. The standard InChI is InChI=1S/C17H13NO2S/c1-20-17(19)13-9-6-12(7-10-13)8-11-16-18-14-4-2-3-5-15(14)21-16/h2-11H,1H3/b11-8+. The molecule has 1 aromatic heterocycles. The fourth-order valence-electron chi connectivity index (χ4n) is 1.98. The second kappa shape index (κ2) is 5.89. The van der Waals surface area contributed by atoms with Gasteiger partial charge in [0.15, 0.2) is 0 Å². The van der Waals surface area contributed by atoms with Crippen LogP contribution in [-0.4, -0.2) is 18.1 Å². The lowest BCUT2D eigenvalue weighted by atomic mass is 10.1. The van der Waals surface area contributed by atoms with Crippen LogP contribution >= 0.6 is 11.3 Å². The Bertz CT molecular complexity index is 770. The normalized spacial score (nSPS) is 11.1. The second-order valence-electron chi connectivity index (χ2n) is 4.47. The van der Waals surface area contributed by atoms with Crippen LogP contribution in [0.4, 0.5) is 0 Å². The van der Waals surface area contributed by atoms with E-state index in [1.54, 1.807) is 23.5 Å². The molecule has 0 radical (unpaired) electrons. The van der Waals surface area contributed by atoms with Gasteiger partial charge in [-0.25, -0.2) is 9.78 Å². The highest BCUT2D eigenvalue weighted by molar-refractivity contribution is 7.19. The molecule has 1 heterocycles. The van der Waals surface area contributed by atoms with Gasteiger partial charge in [-0.3, -0.25) is 0 Å². The van der Waals surface area contributed by atoms with Crippen molar-refractivity contribution >= 4 is 39.7 Å². The summed E-state index contributed by atoms with van der Waals surface area (Å²) in [6, 6.07) is 15.4. The van der Waals surface area contributed by atoms with Crippen LogP contribution < -0.4 is 0 Å². The van der Waals surface area contributed by atoms with Crippen molar-refractivity contribution in [1.82, 2.24) is 4.98 Å². The van der Waals surface area contributed by atoms with Gasteiger partial charge in [-0.05, 0) is 35.9 Å². The highest BCUT2D eigenvalue weighted by Gasteiger charge is 2.03. The number of benzene rings is 2. The minimum atomic E-state index is -0.322. The fraction of sp³-hybridized carbons (Fsp3) is 0.0588. The van der Waals surface area contributed by atoms with Crippen LogP contribution in [0.15, 0.2) is 48.5 Å². The van der Waals surface area contributed by atoms with Gasteiger partial charge in [-0.15, -0.1) is 11.3 Å². The Morgan fingerprint density at radius 3 is 2.57 bits per heavy atom. The molecule has 21 heavy (non-hydrogen) atoms. The van der Waals surface area contributed by atoms with Crippen LogP contribution in [0.2, 0.25) is 0 Å². The second-order valence-corrected chi connectivity index (χ2v) is 5.53. The number of hydrogen-bond acceptors (Lipinski definition) is 4. The van der Waals surface area contributed by atoms with Gasteiger partial charge in [0.25, 0.3) is 0 Å². The zero-order valence-electron chi connectivity index (χ0n) is 11.4. The van der Waals surface area contributed by atoms with Gasteiger partial charge in [0, 0.05) is 0 Å². The topological polar surface area (TPSA) is 39.2 Å². The van der Waals surface area contributed by atoms with Crippen molar-refractivity contribution in [2.24, 2.45) is 0 Å². The summed E-state index contributed by atoms with van der Waals surface area (Å²) in [7, 11) is 1.38. The number of fused-ring (bicyclic) bond motifs is 1. The predicted molar refractivity (Wildman–Crippen MR) is 86.3 cm³/mol. The molecule has 0 bridgehead atoms. The summed E-state index contributed by atoms with van der Waals surface area (Å²) in [4.78, 5) is 15.9. The number of para-hydroxylation sites is 1. The molecule has 4 heteroatoms. The number of nitrogens with zero attached hydrogens (tertiary/aromatic N) is 1. The van der Waals surface area contributed by atoms with Gasteiger partial charge < -0.3 is 4.74 Å². The lowest BCUT2D eigenvalue weighted by molar-refractivity contribution is 0.0601. The van der Waals surface area contributed by atoms with Crippen LogP contribution in [0.25, 0.3) is 22.4 Å². The Labute approximate surface area is 126 Å². The van der Waals surface area contributed by atoms with Gasteiger partial charge in [0.2, 0.25) is 0 Å². The van der Waals surface area contributed by atoms with Crippen molar-refractivity contribution in [3.05, 3.63) is 64.7 Å². The van der Waals surface area contributed by atoms with Gasteiger partial charge in [0.1, 0.15) is 5.01 Å². The zero-order chi connectivity index (χ0) is 14.7. The lowest BCUT2D eigenvalue weighted by Gasteiger charge is -1.98. The lowest BCUT2D eigenvalue weighted by Crippen LogP contribution is -2.00. The van der Waals surface area contributed by atoms with Crippen LogP contribution in [0.3, 0.4) is 0 Å². The molecule has 0 fully saturated rings. The molecule has 0 aliphatic heterocycles. The van der Waals surface area contributed by atoms with E-state index in [1.807, 2.05) is 42.5 Å². The first-order chi connectivity index (χ1) is 10.3. The van der Waals surface area contributed by atoms with Gasteiger partial charge >= 0.3 is 5.97 Å². The summed E-state index contributed by atoms with van der Waals surface area (Å²) in [5.41, 5.74) is 2.58. The number of rotatable bonds is 3. The molecule has 3 nitrogen and oxygen atoms in total. The van der Waals surface area contributed by atoms with E-state index in [-0.39, 0.29) is 5.97 Å². The molecule has 0 unspecified atom stereocenters. The molecule has 0 aliphatic carbocycles. The third-order valence-electron chi connectivity index (χ3n) is 3.06. The Hall–Kier alpha value is -2.46. The third kappa shape index (κ3) is 3.01. The van der Waals surface area contributed by atoms with Crippen molar-refractivity contribution < 1.29 is 9.53 Å². The van der Waals surface area contributed by atoms with Crippen molar-refractivity contribution in [2.75, 3.05) is 7.11 Å². The number of aromatic nitrogens is 1. The number of carbonyl (C=O) groups excluding carboxylic acids is 1. The fourth-order valence-corrected chi connectivity index (χ4v) is 2.85. The Morgan fingerprint density at radius 2 is 1.86 bits per heavy atom. The molecular formula is C17H13NO2S. The number of hydrogen-bond donors (Lipinski definition) is 0.